The van der Waals surface area contributed by atoms with E-state index in [4.69, 9.17) is 0 Å². The van der Waals surface area contributed by atoms with Crippen molar-refractivity contribution in [2.75, 3.05) is 11.9 Å². The Hall–Kier alpha value is -1.91. The molecule has 0 atom stereocenters. The van der Waals surface area contributed by atoms with Crippen molar-refractivity contribution in [3.05, 3.63) is 35.8 Å². The Kier molecular flexibility index (Phi) is 4.71. The maximum Gasteiger partial charge on any atom is 0.133 e. The summed E-state index contributed by atoms with van der Waals surface area (Å²) in [6, 6.07) is 0. The number of rotatable bonds is 6. The Bertz CT molecular complexity index is 559. The summed E-state index contributed by atoms with van der Waals surface area (Å²) in [6.45, 7) is 10.3. The van der Waals surface area contributed by atoms with Crippen LogP contribution in [0.15, 0.2) is 18.7 Å². The first-order valence-corrected chi connectivity index (χ1v) is 7.25. The average Bonchev–Trinajstić information content (AvgIpc) is 2.86. The first-order valence-electron chi connectivity index (χ1n) is 7.25. The second-order valence-electron chi connectivity index (χ2n) is 5.07. The maximum atomic E-state index is 4.49. The van der Waals surface area contributed by atoms with E-state index in [9.17, 15) is 0 Å². The molecule has 2 heterocycles. The van der Waals surface area contributed by atoms with Gasteiger partial charge in [0, 0.05) is 37.5 Å². The second kappa shape index (κ2) is 6.50. The summed E-state index contributed by atoms with van der Waals surface area (Å²) in [5.41, 5.74) is 2.26. The van der Waals surface area contributed by atoms with Gasteiger partial charge in [-0.15, -0.1) is 0 Å². The summed E-state index contributed by atoms with van der Waals surface area (Å²) < 4.78 is 2.15. The summed E-state index contributed by atoms with van der Waals surface area (Å²) in [4.78, 5) is 13.3. The van der Waals surface area contributed by atoms with Crippen LogP contribution in [0, 0.1) is 0 Å². The summed E-state index contributed by atoms with van der Waals surface area (Å²) in [6.07, 6.45) is 6.24. The number of imidazole rings is 1. The van der Waals surface area contributed by atoms with Gasteiger partial charge in [-0.1, -0.05) is 13.8 Å². The van der Waals surface area contributed by atoms with Crippen molar-refractivity contribution in [2.45, 2.75) is 46.6 Å². The number of aryl methyl sites for hydroxylation is 1. The molecule has 0 aliphatic heterocycles. The van der Waals surface area contributed by atoms with Crippen molar-refractivity contribution in [1.82, 2.24) is 19.5 Å². The van der Waals surface area contributed by atoms with Crippen LogP contribution in [0.3, 0.4) is 0 Å². The van der Waals surface area contributed by atoms with Crippen molar-refractivity contribution >= 4 is 5.82 Å². The minimum Gasteiger partial charge on any atom is -0.370 e. The van der Waals surface area contributed by atoms with Gasteiger partial charge in [0.05, 0.1) is 5.69 Å². The molecule has 0 saturated heterocycles. The third-order valence-electron chi connectivity index (χ3n) is 3.36. The third-order valence-corrected chi connectivity index (χ3v) is 3.36. The van der Waals surface area contributed by atoms with E-state index in [1.165, 1.54) is 5.56 Å². The quantitative estimate of drug-likeness (QED) is 0.879. The van der Waals surface area contributed by atoms with Gasteiger partial charge >= 0.3 is 0 Å². The molecule has 0 radical (unpaired) electrons. The Morgan fingerprint density at radius 1 is 1.20 bits per heavy atom. The molecule has 2 aromatic rings. The van der Waals surface area contributed by atoms with E-state index < -0.39 is 0 Å². The van der Waals surface area contributed by atoms with Gasteiger partial charge in [0.1, 0.15) is 18.0 Å². The Morgan fingerprint density at radius 3 is 2.65 bits per heavy atom. The van der Waals surface area contributed by atoms with Crippen LogP contribution in [0.2, 0.25) is 0 Å². The number of hydrogen-bond acceptors (Lipinski definition) is 4. The zero-order chi connectivity index (χ0) is 14.5. The van der Waals surface area contributed by atoms with Crippen LogP contribution in [-0.2, 0) is 13.0 Å². The lowest BCUT2D eigenvalue weighted by atomic mass is 10.00. The minimum atomic E-state index is 0.380. The van der Waals surface area contributed by atoms with E-state index in [1.54, 1.807) is 6.33 Å². The first kappa shape index (κ1) is 14.5. The molecule has 0 aromatic carbocycles. The molecule has 5 heteroatoms. The molecule has 20 heavy (non-hydrogen) atoms. The molecule has 0 amide bonds. The molecule has 2 aromatic heterocycles. The maximum absolute atomic E-state index is 4.49. The molecule has 2 rings (SSSR count). The van der Waals surface area contributed by atoms with Gasteiger partial charge in [0.15, 0.2) is 0 Å². The Balaban J connectivity index is 2.38. The average molecular weight is 273 g/mol. The van der Waals surface area contributed by atoms with E-state index in [1.807, 2.05) is 12.4 Å². The van der Waals surface area contributed by atoms with Crippen LogP contribution in [0.25, 0.3) is 0 Å². The highest BCUT2D eigenvalue weighted by molar-refractivity contribution is 5.48. The van der Waals surface area contributed by atoms with Gasteiger partial charge in [0.25, 0.3) is 0 Å². The normalized spacial score (nSPS) is 11.1. The van der Waals surface area contributed by atoms with Crippen molar-refractivity contribution in [3.8, 4) is 0 Å². The molecule has 0 aliphatic rings. The third kappa shape index (κ3) is 2.98. The fraction of sp³-hybridized carbons (Fsp3) is 0.533. The van der Waals surface area contributed by atoms with Gasteiger partial charge in [-0.2, -0.15) is 0 Å². The van der Waals surface area contributed by atoms with E-state index in [2.05, 4.69) is 52.5 Å². The number of anilines is 1. The molecule has 0 saturated carbocycles. The monoisotopic (exact) mass is 273 g/mol. The highest BCUT2D eigenvalue weighted by Crippen LogP contribution is 2.26. The SMILES string of the molecule is CCNc1ncnc(Cc2nccn2CC)c1C(C)C. The summed E-state index contributed by atoms with van der Waals surface area (Å²) in [5.74, 6) is 2.38. The second-order valence-corrected chi connectivity index (χ2v) is 5.07. The summed E-state index contributed by atoms with van der Waals surface area (Å²) in [7, 11) is 0. The lowest BCUT2D eigenvalue weighted by molar-refractivity contribution is 0.701. The molecule has 0 unspecified atom stereocenters. The van der Waals surface area contributed by atoms with Gasteiger partial charge in [-0.05, 0) is 19.8 Å². The fourth-order valence-corrected chi connectivity index (χ4v) is 2.43. The Morgan fingerprint density at radius 2 is 2.00 bits per heavy atom. The fourth-order valence-electron chi connectivity index (χ4n) is 2.43. The predicted molar refractivity (Wildman–Crippen MR) is 81.0 cm³/mol. The van der Waals surface area contributed by atoms with Crippen LogP contribution in [0.4, 0.5) is 5.82 Å². The molecule has 0 aliphatic carbocycles. The molecular weight excluding hydrogens is 250 g/mol. The molecule has 0 spiro atoms. The van der Waals surface area contributed by atoms with Gasteiger partial charge in [-0.3, -0.25) is 0 Å². The molecule has 0 fully saturated rings. The van der Waals surface area contributed by atoms with E-state index in [-0.39, 0.29) is 0 Å². The number of nitrogens with zero attached hydrogens (tertiary/aromatic N) is 4. The topological polar surface area (TPSA) is 55.6 Å². The predicted octanol–water partition coefficient (Wildman–Crippen LogP) is 2.84. The van der Waals surface area contributed by atoms with Crippen LogP contribution in [0.1, 0.15) is 50.7 Å². The van der Waals surface area contributed by atoms with Crippen LogP contribution in [-0.4, -0.2) is 26.1 Å². The van der Waals surface area contributed by atoms with E-state index >= 15 is 0 Å². The van der Waals surface area contributed by atoms with Gasteiger partial charge in [-0.25, -0.2) is 15.0 Å². The zero-order valence-electron chi connectivity index (χ0n) is 12.7. The van der Waals surface area contributed by atoms with Crippen LogP contribution < -0.4 is 5.32 Å². The van der Waals surface area contributed by atoms with Crippen molar-refractivity contribution in [1.29, 1.82) is 0 Å². The molecule has 1 N–H and O–H groups in total. The van der Waals surface area contributed by atoms with Crippen molar-refractivity contribution in [3.63, 3.8) is 0 Å². The molecule has 0 bridgehead atoms. The molecular formula is C15H23N5. The van der Waals surface area contributed by atoms with Crippen LogP contribution >= 0.6 is 0 Å². The highest BCUT2D eigenvalue weighted by atomic mass is 15.1. The molecule has 5 nitrogen and oxygen atoms in total. The first-order chi connectivity index (χ1) is 9.67. The zero-order valence-corrected chi connectivity index (χ0v) is 12.7. The number of aromatic nitrogens is 4. The lowest BCUT2D eigenvalue weighted by Gasteiger charge is -2.16. The number of hydrogen-bond donors (Lipinski definition) is 1. The van der Waals surface area contributed by atoms with Crippen molar-refractivity contribution < 1.29 is 0 Å². The number of nitrogens with one attached hydrogen (secondary N) is 1. The summed E-state index contributed by atoms with van der Waals surface area (Å²) in [5, 5.41) is 3.33. The minimum absolute atomic E-state index is 0.380. The van der Waals surface area contributed by atoms with E-state index in [0.29, 0.717) is 5.92 Å². The van der Waals surface area contributed by atoms with E-state index in [0.717, 1.165) is 36.8 Å². The Labute approximate surface area is 120 Å². The molecule has 108 valence electrons. The van der Waals surface area contributed by atoms with Crippen molar-refractivity contribution in [2.24, 2.45) is 0 Å². The van der Waals surface area contributed by atoms with Crippen LogP contribution in [0.5, 0.6) is 0 Å². The van der Waals surface area contributed by atoms with Gasteiger partial charge in [0.2, 0.25) is 0 Å². The highest BCUT2D eigenvalue weighted by Gasteiger charge is 2.16. The smallest absolute Gasteiger partial charge is 0.133 e. The lowest BCUT2D eigenvalue weighted by Crippen LogP contribution is -2.11. The standard InChI is InChI=1S/C15H23N5/c1-5-16-15-14(11(3)4)12(18-10-19-15)9-13-17-7-8-20(13)6-2/h7-8,10-11H,5-6,9H2,1-4H3,(H,16,18,19). The van der Waals surface area contributed by atoms with Gasteiger partial charge < -0.3 is 9.88 Å². The summed E-state index contributed by atoms with van der Waals surface area (Å²) >= 11 is 0. The largest absolute Gasteiger partial charge is 0.370 e.